The predicted octanol–water partition coefficient (Wildman–Crippen LogP) is 1.92. The highest BCUT2D eigenvalue weighted by atomic mass is 16.3. The van der Waals surface area contributed by atoms with E-state index in [4.69, 9.17) is 4.42 Å². The van der Waals surface area contributed by atoms with Gasteiger partial charge in [0.25, 0.3) is 0 Å². The second-order valence-corrected chi connectivity index (χ2v) is 4.69. The number of nitrogens with one attached hydrogen (secondary N) is 1. The summed E-state index contributed by atoms with van der Waals surface area (Å²) in [5.41, 5.74) is 0. The fourth-order valence-electron chi connectivity index (χ4n) is 1.91. The van der Waals surface area contributed by atoms with Gasteiger partial charge in [-0.2, -0.15) is 0 Å². The summed E-state index contributed by atoms with van der Waals surface area (Å²) < 4.78 is 5.16. The first-order valence-corrected chi connectivity index (χ1v) is 6.90. The van der Waals surface area contributed by atoms with Gasteiger partial charge in [0.05, 0.1) is 6.26 Å². The summed E-state index contributed by atoms with van der Waals surface area (Å²) in [6.45, 7) is 9.76. The Morgan fingerprint density at radius 3 is 2.57 bits per heavy atom. The Morgan fingerprint density at radius 2 is 2.05 bits per heavy atom. The fraction of sp³-hybridized carbons (Fsp3) is 0.375. The van der Waals surface area contributed by atoms with E-state index in [9.17, 15) is 9.59 Å². The highest BCUT2D eigenvalue weighted by molar-refractivity contribution is 5.87. The molecule has 0 aromatic carbocycles. The second-order valence-electron chi connectivity index (χ2n) is 4.69. The van der Waals surface area contributed by atoms with Crippen LogP contribution in [0.2, 0.25) is 0 Å². The number of furan rings is 1. The Balaban J connectivity index is 2.44. The molecule has 0 aliphatic heterocycles. The molecule has 0 aliphatic rings. The van der Waals surface area contributed by atoms with Gasteiger partial charge in [-0.15, -0.1) is 13.2 Å². The molecule has 5 nitrogen and oxygen atoms in total. The van der Waals surface area contributed by atoms with Crippen molar-refractivity contribution in [1.29, 1.82) is 0 Å². The summed E-state index contributed by atoms with van der Waals surface area (Å²) in [5, 5.41) is 2.70. The van der Waals surface area contributed by atoms with E-state index in [0.717, 1.165) is 5.76 Å². The van der Waals surface area contributed by atoms with E-state index in [1.54, 1.807) is 36.3 Å². The molecular formula is C16H22N2O3. The van der Waals surface area contributed by atoms with Crippen LogP contribution in [0.15, 0.2) is 48.1 Å². The van der Waals surface area contributed by atoms with Gasteiger partial charge in [-0.05, 0) is 19.1 Å². The molecule has 0 fully saturated rings. The van der Waals surface area contributed by atoms with E-state index in [0.29, 0.717) is 19.5 Å². The van der Waals surface area contributed by atoms with Crippen LogP contribution in [0.1, 0.15) is 19.1 Å². The zero-order chi connectivity index (χ0) is 15.7. The van der Waals surface area contributed by atoms with Gasteiger partial charge in [-0.3, -0.25) is 9.59 Å². The Labute approximate surface area is 125 Å². The number of hydrogen-bond donors (Lipinski definition) is 1. The molecule has 2 amide bonds. The minimum Gasteiger partial charge on any atom is -0.469 e. The number of carbonyl (C=O) groups is 2. The first-order valence-electron chi connectivity index (χ1n) is 6.90. The third-order valence-corrected chi connectivity index (χ3v) is 2.94. The van der Waals surface area contributed by atoms with Gasteiger partial charge in [-0.1, -0.05) is 12.2 Å². The maximum absolute atomic E-state index is 12.2. The van der Waals surface area contributed by atoms with Crippen LogP contribution in [-0.2, 0) is 16.0 Å². The second kappa shape index (κ2) is 8.79. The van der Waals surface area contributed by atoms with Crippen LogP contribution >= 0.6 is 0 Å². The Kier molecular flexibility index (Phi) is 7.01. The summed E-state index contributed by atoms with van der Waals surface area (Å²) in [5.74, 6) is 0.426. The molecule has 0 aliphatic carbocycles. The molecule has 1 aromatic rings. The first kappa shape index (κ1) is 16.8. The van der Waals surface area contributed by atoms with Crippen molar-refractivity contribution in [2.75, 3.05) is 13.1 Å². The molecule has 1 aromatic heterocycles. The third-order valence-electron chi connectivity index (χ3n) is 2.94. The summed E-state index contributed by atoms with van der Waals surface area (Å²) in [4.78, 5) is 25.6. The van der Waals surface area contributed by atoms with E-state index in [-0.39, 0.29) is 18.2 Å². The van der Waals surface area contributed by atoms with Crippen LogP contribution in [0.3, 0.4) is 0 Å². The van der Waals surface area contributed by atoms with Crippen molar-refractivity contribution in [1.82, 2.24) is 10.2 Å². The van der Waals surface area contributed by atoms with Crippen LogP contribution in [0.5, 0.6) is 0 Å². The number of hydrogen-bond acceptors (Lipinski definition) is 3. The van der Waals surface area contributed by atoms with Crippen molar-refractivity contribution in [3.8, 4) is 0 Å². The Bertz CT molecular complexity index is 470. The van der Waals surface area contributed by atoms with Gasteiger partial charge in [-0.25, -0.2) is 0 Å². The fourth-order valence-corrected chi connectivity index (χ4v) is 1.91. The zero-order valence-corrected chi connectivity index (χ0v) is 12.4. The highest BCUT2D eigenvalue weighted by Gasteiger charge is 2.20. The average Bonchev–Trinajstić information content (AvgIpc) is 2.97. The van der Waals surface area contributed by atoms with Crippen molar-refractivity contribution in [3.05, 3.63) is 49.5 Å². The van der Waals surface area contributed by atoms with Gasteiger partial charge >= 0.3 is 0 Å². The molecule has 21 heavy (non-hydrogen) atoms. The number of aryl methyl sites for hydroxylation is 1. The number of amides is 2. The number of rotatable bonds is 9. The zero-order valence-electron chi connectivity index (χ0n) is 12.4. The van der Waals surface area contributed by atoms with E-state index in [1.165, 1.54) is 0 Å². The molecule has 1 atom stereocenters. The molecule has 1 unspecified atom stereocenters. The van der Waals surface area contributed by atoms with Crippen molar-refractivity contribution >= 4 is 11.8 Å². The summed E-state index contributed by atoms with van der Waals surface area (Å²) in [6, 6.07) is 3.02. The summed E-state index contributed by atoms with van der Waals surface area (Å²) >= 11 is 0. The van der Waals surface area contributed by atoms with Gasteiger partial charge in [0.2, 0.25) is 11.8 Å². The van der Waals surface area contributed by atoms with E-state index in [1.807, 2.05) is 6.07 Å². The van der Waals surface area contributed by atoms with Crippen LogP contribution < -0.4 is 5.32 Å². The minimum atomic E-state index is -0.575. The molecule has 0 radical (unpaired) electrons. The highest BCUT2D eigenvalue weighted by Crippen LogP contribution is 2.04. The van der Waals surface area contributed by atoms with Crippen LogP contribution in [0.25, 0.3) is 0 Å². The van der Waals surface area contributed by atoms with Gasteiger partial charge in [0, 0.05) is 25.9 Å². The molecule has 114 valence electrons. The van der Waals surface area contributed by atoms with Crippen molar-refractivity contribution < 1.29 is 14.0 Å². The van der Waals surface area contributed by atoms with Crippen molar-refractivity contribution in [2.24, 2.45) is 0 Å². The van der Waals surface area contributed by atoms with E-state index >= 15 is 0 Å². The lowest BCUT2D eigenvalue weighted by Gasteiger charge is -2.23. The maximum atomic E-state index is 12.2. The quantitative estimate of drug-likeness (QED) is 0.707. The Morgan fingerprint density at radius 1 is 1.38 bits per heavy atom. The van der Waals surface area contributed by atoms with Crippen LogP contribution in [0, 0.1) is 0 Å². The molecular weight excluding hydrogens is 268 g/mol. The largest absolute Gasteiger partial charge is 0.469 e. The van der Waals surface area contributed by atoms with Gasteiger partial charge in [0.15, 0.2) is 0 Å². The molecule has 0 bridgehead atoms. The summed E-state index contributed by atoms with van der Waals surface area (Å²) in [7, 11) is 0. The molecule has 1 N–H and O–H groups in total. The van der Waals surface area contributed by atoms with E-state index < -0.39 is 6.04 Å². The first-order chi connectivity index (χ1) is 10.1. The van der Waals surface area contributed by atoms with Crippen molar-refractivity contribution in [2.45, 2.75) is 25.8 Å². The number of carbonyl (C=O) groups excluding carboxylic acids is 2. The molecule has 1 heterocycles. The monoisotopic (exact) mass is 290 g/mol. The van der Waals surface area contributed by atoms with Crippen LogP contribution in [0.4, 0.5) is 0 Å². The SMILES string of the molecule is C=CCN(CC=C)C(=O)C(C)NC(=O)CCc1ccco1. The van der Waals surface area contributed by atoms with Gasteiger partial charge < -0.3 is 14.6 Å². The average molecular weight is 290 g/mol. The summed E-state index contributed by atoms with van der Waals surface area (Å²) in [6.07, 6.45) is 5.67. The normalized spacial score (nSPS) is 11.5. The standard InChI is InChI=1S/C16H22N2O3/c1-4-10-18(11-5-2)16(20)13(3)17-15(19)9-8-14-7-6-12-21-14/h4-7,12-13H,1-2,8-11H2,3H3,(H,17,19). The van der Waals surface area contributed by atoms with E-state index in [2.05, 4.69) is 18.5 Å². The van der Waals surface area contributed by atoms with Crippen LogP contribution in [-0.4, -0.2) is 35.8 Å². The molecule has 0 saturated carbocycles. The Hall–Kier alpha value is -2.30. The number of nitrogens with zero attached hydrogens (tertiary/aromatic N) is 1. The lowest BCUT2D eigenvalue weighted by molar-refractivity contribution is -0.135. The molecule has 1 rings (SSSR count). The van der Waals surface area contributed by atoms with Gasteiger partial charge in [0.1, 0.15) is 11.8 Å². The molecule has 0 saturated heterocycles. The maximum Gasteiger partial charge on any atom is 0.245 e. The topological polar surface area (TPSA) is 62.6 Å². The lowest BCUT2D eigenvalue weighted by atomic mass is 10.2. The smallest absolute Gasteiger partial charge is 0.245 e. The molecule has 5 heteroatoms. The van der Waals surface area contributed by atoms with Crippen molar-refractivity contribution in [3.63, 3.8) is 0 Å². The lowest BCUT2D eigenvalue weighted by Crippen LogP contribution is -2.47. The predicted molar refractivity (Wildman–Crippen MR) is 81.6 cm³/mol. The third kappa shape index (κ3) is 5.69. The molecule has 0 spiro atoms. The minimum absolute atomic E-state index is 0.152.